The Hall–Kier alpha value is -1.69. The van der Waals surface area contributed by atoms with E-state index in [1.807, 2.05) is 0 Å². The van der Waals surface area contributed by atoms with Gasteiger partial charge in [0.05, 0.1) is 4.92 Å². The highest BCUT2D eigenvalue weighted by atomic mass is 35.5. The van der Waals surface area contributed by atoms with Crippen LogP contribution in [0.1, 0.15) is 5.56 Å². The summed E-state index contributed by atoms with van der Waals surface area (Å²) in [7, 11) is 0. The second-order valence-electron chi connectivity index (χ2n) is 3.23. The van der Waals surface area contributed by atoms with E-state index in [1.54, 1.807) is 18.2 Å². The fraction of sp³-hybridized carbons (Fsp3) is 0.300. The fourth-order valence-corrected chi connectivity index (χ4v) is 1.38. The summed E-state index contributed by atoms with van der Waals surface area (Å²) in [5.74, 6) is -0.940. The second kappa shape index (κ2) is 6.15. The molecule has 7 heteroatoms. The Morgan fingerprint density at radius 2 is 2.18 bits per heavy atom. The summed E-state index contributed by atoms with van der Waals surface area (Å²) in [6, 6.07) is 6.16. The fourth-order valence-electron chi connectivity index (χ4n) is 1.30. The number of nitro groups is 1. The molecule has 0 spiro atoms. The van der Waals surface area contributed by atoms with E-state index >= 15 is 0 Å². The highest BCUT2D eigenvalue weighted by Crippen LogP contribution is 2.17. The van der Waals surface area contributed by atoms with Crippen molar-refractivity contribution in [3.63, 3.8) is 0 Å². The Morgan fingerprint density at radius 3 is 2.76 bits per heavy atom. The maximum Gasteiger partial charge on any atom is 0.272 e. The van der Waals surface area contributed by atoms with Gasteiger partial charge in [-0.2, -0.15) is 0 Å². The number of halogens is 2. The van der Waals surface area contributed by atoms with Crippen LogP contribution in [0.5, 0.6) is 0 Å². The Labute approximate surface area is 102 Å². The van der Waals surface area contributed by atoms with Gasteiger partial charge in [-0.3, -0.25) is 14.9 Å². The molecule has 5 nitrogen and oxygen atoms in total. The van der Waals surface area contributed by atoms with Crippen LogP contribution >= 0.6 is 11.6 Å². The van der Waals surface area contributed by atoms with Gasteiger partial charge in [0.15, 0.2) is 0 Å². The summed E-state index contributed by atoms with van der Waals surface area (Å²) >= 11 is 4.90. The largest absolute Gasteiger partial charge is 0.352 e. The Bertz CT molecular complexity index is 426. The van der Waals surface area contributed by atoms with Crippen molar-refractivity contribution in [3.05, 3.63) is 39.9 Å². The van der Waals surface area contributed by atoms with Crippen LogP contribution in [0, 0.1) is 10.1 Å². The number of carbonyl (C=O) groups excluding carboxylic acids is 1. The Balaban J connectivity index is 2.58. The molecule has 0 aromatic heterocycles. The van der Waals surface area contributed by atoms with Crippen LogP contribution in [0.2, 0.25) is 0 Å². The molecule has 92 valence electrons. The van der Waals surface area contributed by atoms with Gasteiger partial charge in [-0.15, -0.1) is 0 Å². The lowest BCUT2D eigenvalue weighted by atomic mass is 10.1. The lowest BCUT2D eigenvalue weighted by Gasteiger charge is -2.05. The molecular formula is C10H10ClFN2O3. The zero-order valence-electron chi connectivity index (χ0n) is 8.73. The molecule has 0 saturated carbocycles. The van der Waals surface area contributed by atoms with Gasteiger partial charge in [0, 0.05) is 18.2 Å². The van der Waals surface area contributed by atoms with E-state index in [0.29, 0.717) is 5.56 Å². The van der Waals surface area contributed by atoms with Crippen LogP contribution in [0.25, 0.3) is 0 Å². The number of nitro benzene ring substituents is 1. The minimum absolute atomic E-state index is 0.0237. The van der Waals surface area contributed by atoms with Crippen molar-refractivity contribution in [1.29, 1.82) is 0 Å². The number of carbonyl (C=O) groups is 1. The zero-order chi connectivity index (χ0) is 12.8. The molecular weight excluding hydrogens is 251 g/mol. The van der Waals surface area contributed by atoms with Gasteiger partial charge in [0.2, 0.25) is 0 Å². The molecule has 0 heterocycles. The number of hydrogen-bond acceptors (Lipinski definition) is 3. The minimum atomic E-state index is -2.10. The smallest absolute Gasteiger partial charge is 0.272 e. The van der Waals surface area contributed by atoms with Crippen molar-refractivity contribution >= 4 is 23.2 Å². The first kappa shape index (κ1) is 13.4. The van der Waals surface area contributed by atoms with Gasteiger partial charge >= 0.3 is 0 Å². The van der Waals surface area contributed by atoms with Crippen molar-refractivity contribution < 1.29 is 14.1 Å². The Kier molecular flexibility index (Phi) is 4.84. The van der Waals surface area contributed by atoms with E-state index in [2.05, 4.69) is 5.32 Å². The summed E-state index contributed by atoms with van der Waals surface area (Å²) in [5.41, 5.74) is -1.65. The molecule has 1 rings (SSSR count). The molecule has 1 N–H and O–H groups in total. The number of para-hydroxylation sites is 1. The van der Waals surface area contributed by atoms with Gasteiger partial charge in [-0.25, -0.2) is 4.39 Å². The Morgan fingerprint density at radius 1 is 1.53 bits per heavy atom. The van der Waals surface area contributed by atoms with Crippen molar-refractivity contribution in [2.24, 2.45) is 0 Å². The third-order valence-corrected chi connectivity index (χ3v) is 2.28. The van der Waals surface area contributed by atoms with Crippen LogP contribution < -0.4 is 5.32 Å². The van der Waals surface area contributed by atoms with E-state index in [9.17, 15) is 19.3 Å². The quantitative estimate of drug-likeness (QED) is 0.498. The molecule has 17 heavy (non-hydrogen) atoms. The first-order valence-corrected chi connectivity index (χ1v) is 5.24. The predicted octanol–water partition coefficient (Wildman–Crippen LogP) is 1.79. The van der Waals surface area contributed by atoms with Crippen LogP contribution in [-0.4, -0.2) is 23.0 Å². The number of rotatable bonds is 5. The molecule has 0 saturated heterocycles. The molecule has 1 unspecified atom stereocenters. The average Bonchev–Trinajstić information content (AvgIpc) is 2.29. The molecule has 0 fully saturated rings. The normalized spacial score (nSPS) is 11.9. The van der Waals surface area contributed by atoms with Gasteiger partial charge in [-0.05, 0) is 6.42 Å². The average molecular weight is 261 g/mol. The third kappa shape index (κ3) is 3.99. The number of benzene rings is 1. The maximum absolute atomic E-state index is 12.3. The van der Waals surface area contributed by atoms with Crippen molar-refractivity contribution in [1.82, 2.24) is 5.32 Å². The topological polar surface area (TPSA) is 72.2 Å². The van der Waals surface area contributed by atoms with Crippen molar-refractivity contribution in [2.45, 2.75) is 12.1 Å². The minimum Gasteiger partial charge on any atom is -0.352 e. The first-order chi connectivity index (χ1) is 8.02. The van der Waals surface area contributed by atoms with E-state index < -0.39 is 16.5 Å². The molecule has 1 atom stereocenters. The van der Waals surface area contributed by atoms with Crippen LogP contribution in [-0.2, 0) is 11.2 Å². The van der Waals surface area contributed by atoms with Crippen molar-refractivity contribution in [3.8, 4) is 0 Å². The number of nitrogens with one attached hydrogen (secondary N) is 1. The highest BCUT2D eigenvalue weighted by Gasteiger charge is 2.14. The monoisotopic (exact) mass is 260 g/mol. The molecule has 0 aliphatic heterocycles. The lowest BCUT2D eigenvalue weighted by Crippen LogP contribution is -2.30. The summed E-state index contributed by atoms with van der Waals surface area (Å²) in [5, 5.41) is 12.9. The van der Waals surface area contributed by atoms with Gasteiger partial charge in [0.1, 0.15) is 0 Å². The number of amides is 1. The third-order valence-electron chi connectivity index (χ3n) is 2.08. The second-order valence-corrected chi connectivity index (χ2v) is 3.61. The molecule has 0 aliphatic carbocycles. The standard InChI is InChI=1S/C10H10ClFN2O3/c11-9(12)10(15)13-6-5-7-3-1-2-4-8(7)14(16)17/h1-4,9H,5-6H2,(H,13,15). The first-order valence-electron chi connectivity index (χ1n) is 4.80. The highest BCUT2D eigenvalue weighted by molar-refractivity contribution is 6.29. The van der Waals surface area contributed by atoms with Crippen LogP contribution in [0.3, 0.4) is 0 Å². The number of alkyl halides is 2. The molecule has 0 bridgehead atoms. The van der Waals surface area contributed by atoms with Gasteiger partial charge < -0.3 is 5.32 Å². The summed E-state index contributed by atoms with van der Waals surface area (Å²) in [6.07, 6.45) is 0.243. The predicted molar refractivity (Wildman–Crippen MR) is 60.6 cm³/mol. The SMILES string of the molecule is O=C(NCCc1ccccc1[N+](=O)[O-])C(F)Cl. The van der Waals surface area contributed by atoms with Crippen LogP contribution in [0.4, 0.5) is 10.1 Å². The molecule has 1 amide bonds. The zero-order valence-corrected chi connectivity index (χ0v) is 9.48. The van der Waals surface area contributed by atoms with E-state index in [0.717, 1.165) is 0 Å². The summed E-state index contributed by atoms with van der Waals surface area (Å²) in [4.78, 5) is 21.0. The molecule has 1 aromatic carbocycles. The lowest BCUT2D eigenvalue weighted by molar-refractivity contribution is -0.385. The van der Waals surface area contributed by atoms with E-state index in [-0.39, 0.29) is 18.7 Å². The molecule has 0 radical (unpaired) electrons. The molecule has 1 aromatic rings. The molecule has 0 aliphatic rings. The van der Waals surface area contributed by atoms with E-state index in [1.165, 1.54) is 6.07 Å². The van der Waals surface area contributed by atoms with Gasteiger partial charge in [-0.1, -0.05) is 29.8 Å². The van der Waals surface area contributed by atoms with Crippen LogP contribution in [0.15, 0.2) is 24.3 Å². The summed E-state index contributed by atoms with van der Waals surface area (Å²) < 4.78 is 12.3. The summed E-state index contributed by atoms with van der Waals surface area (Å²) in [6.45, 7) is 0.0941. The van der Waals surface area contributed by atoms with Crippen molar-refractivity contribution in [2.75, 3.05) is 6.54 Å². The maximum atomic E-state index is 12.3. The number of nitrogens with zero attached hydrogens (tertiary/aromatic N) is 1. The number of hydrogen-bond donors (Lipinski definition) is 1. The van der Waals surface area contributed by atoms with E-state index in [4.69, 9.17) is 11.6 Å². The van der Waals surface area contributed by atoms with Gasteiger partial charge in [0.25, 0.3) is 17.2 Å².